The lowest BCUT2D eigenvalue weighted by molar-refractivity contribution is -0.114. The molecule has 2 N–H and O–H groups in total. The molecular weight excluding hydrogens is 200 g/mol. The third kappa shape index (κ3) is 2.61. The predicted octanol–water partition coefficient (Wildman–Crippen LogP) is 1.73. The molecule has 0 heterocycles. The van der Waals surface area contributed by atoms with E-state index in [-0.39, 0.29) is 5.57 Å². The van der Waals surface area contributed by atoms with E-state index in [0.717, 1.165) is 0 Å². The topological polar surface area (TPSA) is 66.9 Å². The van der Waals surface area contributed by atoms with Gasteiger partial charge in [0.2, 0.25) is 0 Å². The SMILES string of the molecule is N#C/C(=C\c1ccc(Cl)cc1)C(N)=O. The average molecular weight is 207 g/mol. The van der Waals surface area contributed by atoms with E-state index in [0.29, 0.717) is 10.6 Å². The van der Waals surface area contributed by atoms with Gasteiger partial charge < -0.3 is 5.73 Å². The zero-order valence-electron chi connectivity index (χ0n) is 7.20. The zero-order valence-corrected chi connectivity index (χ0v) is 7.95. The first-order valence-electron chi connectivity index (χ1n) is 3.80. The van der Waals surface area contributed by atoms with E-state index in [4.69, 9.17) is 22.6 Å². The smallest absolute Gasteiger partial charge is 0.259 e. The van der Waals surface area contributed by atoms with Crippen LogP contribution in [-0.2, 0) is 4.79 Å². The summed E-state index contributed by atoms with van der Waals surface area (Å²) >= 11 is 5.67. The predicted molar refractivity (Wildman–Crippen MR) is 54.2 cm³/mol. The number of rotatable bonds is 2. The number of hydrogen-bond donors (Lipinski definition) is 1. The van der Waals surface area contributed by atoms with E-state index in [1.807, 2.05) is 0 Å². The summed E-state index contributed by atoms with van der Waals surface area (Å²) in [4.78, 5) is 10.7. The van der Waals surface area contributed by atoms with Crippen LogP contribution in [-0.4, -0.2) is 5.91 Å². The molecule has 0 aliphatic carbocycles. The highest BCUT2D eigenvalue weighted by Gasteiger charge is 2.02. The van der Waals surface area contributed by atoms with Gasteiger partial charge in [-0.15, -0.1) is 0 Å². The fourth-order valence-electron chi connectivity index (χ4n) is 0.884. The third-order valence-electron chi connectivity index (χ3n) is 1.57. The zero-order chi connectivity index (χ0) is 10.6. The highest BCUT2D eigenvalue weighted by molar-refractivity contribution is 6.30. The quantitative estimate of drug-likeness (QED) is 0.592. The van der Waals surface area contributed by atoms with Gasteiger partial charge in [0.05, 0.1) is 0 Å². The monoisotopic (exact) mass is 206 g/mol. The Hall–Kier alpha value is -1.79. The summed E-state index contributed by atoms with van der Waals surface area (Å²) in [6.07, 6.45) is 1.42. The fourth-order valence-corrected chi connectivity index (χ4v) is 1.01. The molecule has 0 aromatic heterocycles. The molecule has 0 unspecified atom stereocenters. The molecule has 0 fully saturated rings. The van der Waals surface area contributed by atoms with Gasteiger partial charge in [0.25, 0.3) is 5.91 Å². The van der Waals surface area contributed by atoms with Crippen molar-refractivity contribution in [3.8, 4) is 6.07 Å². The van der Waals surface area contributed by atoms with Gasteiger partial charge in [-0.3, -0.25) is 4.79 Å². The molecule has 0 spiro atoms. The highest BCUT2D eigenvalue weighted by Crippen LogP contribution is 2.12. The van der Waals surface area contributed by atoms with Crippen LogP contribution < -0.4 is 5.73 Å². The molecule has 0 radical (unpaired) electrons. The molecule has 70 valence electrons. The van der Waals surface area contributed by atoms with Gasteiger partial charge in [-0.1, -0.05) is 23.7 Å². The van der Waals surface area contributed by atoms with Crippen molar-refractivity contribution in [1.29, 1.82) is 5.26 Å². The standard InChI is InChI=1S/C10H7ClN2O/c11-9-3-1-7(2-4-9)5-8(6-12)10(13)14/h1-5H,(H2,13,14)/b8-5+. The third-order valence-corrected chi connectivity index (χ3v) is 1.82. The molecule has 1 amide bonds. The number of nitrogens with two attached hydrogens (primary N) is 1. The Morgan fingerprint density at radius 2 is 2.00 bits per heavy atom. The summed E-state index contributed by atoms with van der Waals surface area (Å²) in [5.74, 6) is -0.734. The lowest BCUT2D eigenvalue weighted by atomic mass is 10.1. The van der Waals surface area contributed by atoms with E-state index >= 15 is 0 Å². The first-order valence-corrected chi connectivity index (χ1v) is 4.18. The fraction of sp³-hybridized carbons (Fsp3) is 0. The van der Waals surface area contributed by atoms with Crippen molar-refractivity contribution < 1.29 is 4.79 Å². The number of primary amides is 1. The Morgan fingerprint density at radius 1 is 1.43 bits per heavy atom. The van der Waals surface area contributed by atoms with Gasteiger partial charge in [0, 0.05) is 5.02 Å². The van der Waals surface area contributed by atoms with E-state index in [1.54, 1.807) is 30.3 Å². The van der Waals surface area contributed by atoms with Crippen molar-refractivity contribution in [1.82, 2.24) is 0 Å². The summed E-state index contributed by atoms with van der Waals surface area (Å²) in [7, 11) is 0. The molecule has 14 heavy (non-hydrogen) atoms. The molecule has 1 aromatic rings. The number of nitrogens with zero attached hydrogens (tertiary/aromatic N) is 1. The Morgan fingerprint density at radius 3 is 2.43 bits per heavy atom. The number of benzene rings is 1. The summed E-state index contributed by atoms with van der Waals surface area (Å²) < 4.78 is 0. The number of hydrogen-bond acceptors (Lipinski definition) is 2. The Balaban J connectivity index is 3.03. The largest absolute Gasteiger partial charge is 0.365 e. The molecule has 0 aliphatic heterocycles. The molecule has 0 saturated carbocycles. The number of carbonyl (C=O) groups is 1. The van der Waals surface area contributed by atoms with Crippen LogP contribution in [0.15, 0.2) is 29.8 Å². The minimum atomic E-state index is -0.734. The number of amides is 1. The number of halogens is 1. The molecule has 0 aliphatic rings. The summed E-state index contributed by atoms with van der Waals surface area (Å²) in [6.45, 7) is 0. The van der Waals surface area contributed by atoms with Crippen molar-refractivity contribution in [2.24, 2.45) is 5.73 Å². The molecule has 4 heteroatoms. The molecular formula is C10H7ClN2O. The van der Waals surface area contributed by atoms with Crippen LogP contribution in [0.2, 0.25) is 5.02 Å². The van der Waals surface area contributed by atoms with Gasteiger partial charge in [0.15, 0.2) is 0 Å². The Labute approximate surface area is 86.4 Å². The van der Waals surface area contributed by atoms with Gasteiger partial charge in [-0.2, -0.15) is 5.26 Å². The van der Waals surface area contributed by atoms with Crippen molar-refractivity contribution in [3.05, 3.63) is 40.4 Å². The van der Waals surface area contributed by atoms with E-state index in [1.165, 1.54) is 6.08 Å². The second kappa shape index (κ2) is 4.45. The van der Waals surface area contributed by atoms with Crippen LogP contribution in [0, 0.1) is 11.3 Å². The van der Waals surface area contributed by atoms with Crippen molar-refractivity contribution >= 4 is 23.6 Å². The maximum atomic E-state index is 10.7. The Bertz CT molecular complexity index is 415. The molecule has 0 bridgehead atoms. The molecule has 0 saturated heterocycles. The van der Waals surface area contributed by atoms with Crippen LogP contribution in [0.1, 0.15) is 5.56 Å². The first-order chi connectivity index (χ1) is 6.63. The molecule has 3 nitrogen and oxygen atoms in total. The van der Waals surface area contributed by atoms with E-state index in [9.17, 15) is 4.79 Å². The minimum Gasteiger partial charge on any atom is -0.365 e. The van der Waals surface area contributed by atoms with Crippen LogP contribution in [0.25, 0.3) is 6.08 Å². The van der Waals surface area contributed by atoms with Crippen LogP contribution >= 0.6 is 11.6 Å². The lowest BCUT2D eigenvalue weighted by Gasteiger charge is -1.94. The Kier molecular flexibility index (Phi) is 3.27. The summed E-state index contributed by atoms with van der Waals surface area (Å²) in [6, 6.07) is 8.45. The number of nitriles is 1. The van der Waals surface area contributed by atoms with E-state index < -0.39 is 5.91 Å². The maximum absolute atomic E-state index is 10.7. The normalized spacial score (nSPS) is 10.7. The number of carbonyl (C=O) groups excluding carboxylic acids is 1. The van der Waals surface area contributed by atoms with Gasteiger partial charge in [0.1, 0.15) is 11.6 Å². The molecule has 1 rings (SSSR count). The molecule has 0 atom stereocenters. The minimum absolute atomic E-state index is 0.0766. The lowest BCUT2D eigenvalue weighted by Crippen LogP contribution is -2.12. The second-order valence-corrected chi connectivity index (χ2v) is 3.02. The summed E-state index contributed by atoms with van der Waals surface area (Å²) in [5, 5.41) is 9.16. The van der Waals surface area contributed by atoms with Gasteiger partial charge in [-0.05, 0) is 23.8 Å². The molecule has 1 aromatic carbocycles. The van der Waals surface area contributed by atoms with Crippen LogP contribution in [0.5, 0.6) is 0 Å². The average Bonchev–Trinajstić information content (AvgIpc) is 2.16. The van der Waals surface area contributed by atoms with Crippen molar-refractivity contribution in [2.45, 2.75) is 0 Å². The van der Waals surface area contributed by atoms with Crippen molar-refractivity contribution in [2.75, 3.05) is 0 Å². The first kappa shape index (κ1) is 10.3. The van der Waals surface area contributed by atoms with Crippen LogP contribution in [0.3, 0.4) is 0 Å². The van der Waals surface area contributed by atoms with Crippen LogP contribution in [0.4, 0.5) is 0 Å². The van der Waals surface area contributed by atoms with Gasteiger partial charge in [-0.25, -0.2) is 0 Å². The highest BCUT2D eigenvalue weighted by atomic mass is 35.5. The maximum Gasteiger partial charge on any atom is 0.259 e. The van der Waals surface area contributed by atoms with E-state index in [2.05, 4.69) is 0 Å². The second-order valence-electron chi connectivity index (χ2n) is 2.59. The van der Waals surface area contributed by atoms with Gasteiger partial charge >= 0.3 is 0 Å². The summed E-state index contributed by atoms with van der Waals surface area (Å²) in [5.41, 5.74) is 5.61. The van der Waals surface area contributed by atoms with Crippen molar-refractivity contribution in [3.63, 3.8) is 0 Å².